The molecule has 8 atom stereocenters. The highest BCUT2D eigenvalue weighted by molar-refractivity contribution is 5.97. The Bertz CT molecular complexity index is 1840. The average molecular weight is 796 g/mol. The van der Waals surface area contributed by atoms with E-state index in [0.717, 1.165) is 10.9 Å². The third-order valence-corrected chi connectivity index (χ3v) is 10.0. The number of imidazole rings is 1. The van der Waals surface area contributed by atoms with Crippen molar-refractivity contribution >= 4 is 52.4 Å². The van der Waals surface area contributed by atoms with Crippen LogP contribution in [0.2, 0.25) is 0 Å². The lowest BCUT2D eigenvalue weighted by atomic mass is 9.95. The number of benzene rings is 1. The van der Waals surface area contributed by atoms with E-state index in [1.165, 1.54) is 12.5 Å². The van der Waals surface area contributed by atoms with Crippen molar-refractivity contribution in [1.29, 1.82) is 0 Å². The molecule has 3 aromatic rings. The molecule has 11 N–H and O–H groups in total. The molecule has 0 spiro atoms. The number of hydrogen-bond donors (Lipinski definition) is 10. The summed E-state index contributed by atoms with van der Waals surface area (Å²) >= 11 is 0. The van der Waals surface area contributed by atoms with Crippen LogP contribution in [0.3, 0.4) is 0 Å². The lowest BCUT2D eigenvalue weighted by Gasteiger charge is -2.29. The highest BCUT2D eigenvalue weighted by Gasteiger charge is 2.35. The molecule has 0 aliphatic rings. The van der Waals surface area contributed by atoms with E-state index in [9.17, 15) is 38.7 Å². The van der Waals surface area contributed by atoms with Gasteiger partial charge in [0.25, 0.3) is 0 Å². The Kier molecular flexibility index (Phi) is 17.2. The summed E-state index contributed by atoms with van der Waals surface area (Å²) in [4.78, 5) is 102. The van der Waals surface area contributed by atoms with Gasteiger partial charge in [0, 0.05) is 41.8 Å². The monoisotopic (exact) mass is 795 g/mol. The fraction of sp³-hybridized carbons (Fsp3) is 0.538. The van der Waals surface area contributed by atoms with Crippen molar-refractivity contribution in [1.82, 2.24) is 41.5 Å². The number of H-pyrrole nitrogens is 2. The topological polar surface area (TPSA) is 291 Å². The Morgan fingerprint density at radius 3 is 1.88 bits per heavy atom. The van der Waals surface area contributed by atoms with Crippen molar-refractivity contribution in [2.24, 2.45) is 23.5 Å². The highest BCUT2D eigenvalue weighted by atomic mass is 16.4. The molecule has 5 amide bonds. The number of para-hydroxylation sites is 1. The Balaban J connectivity index is 1.97. The van der Waals surface area contributed by atoms with Crippen molar-refractivity contribution < 1.29 is 43.8 Å². The number of carbonyl (C=O) groups excluding carboxylic acids is 5. The van der Waals surface area contributed by atoms with Gasteiger partial charge in [-0.1, -0.05) is 72.6 Å². The fourth-order valence-corrected chi connectivity index (χ4v) is 6.18. The van der Waals surface area contributed by atoms with E-state index in [-0.39, 0.29) is 37.0 Å². The number of nitrogens with one attached hydrogen (secondary N) is 7. The van der Waals surface area contributed by atoms with Gasteiger partial charge >= 0.3 is 11.9 Å². The van der Waals surface area contributed by atoms with Gasteiger partial charge in [-0.2, -0.15) is 0 Å². The first kappa shape index (κ1) is 45.6. The van der Waals surface area contributed by atoms with Crippen LogP contribution in [0.4, 0.5) is 0 Å². The van der Waals surface area contributed by atoms with Gasteiger partial charge in [0.1, 0.15) is 30.2 Å². The Hall–Kier alpha value is -5.78. The summed E-state index contributed by atoms with van der Waals surface area (Å²) in [5.41, 5.74) is 8.12. The number of aromatic nitrogens is 3. The minimum atomic E-state index is -1.76. The van der Waals surface area contributed by atoms with Crippen LogP contribution in [-0.2, 0) is 46.4 Å². The van der Waals surface area contributed by atoms with Crippen LogP contribution in [0.1, 0.15) is 78.5 Å². The van der Waals surface area contributed by atoms with E-state index in [2.05, 4.69) is 41.5 Å². The molecule has 2 heterocycles. The summed E-state index contributed by atoms with van der Waals surface area (Å²) in [6.07, 6.45) is 4.71. The smallest absolute Gasteiger partial charge is 0.326 e. The third-order valence-electron chi connectivity index (χ3n) is 10.0. The van der Waals surface area contributed by atoms with Crippen LogP contribution in [0.5, 0.6) is 0 Å². The molecule has 0 saturated carbocycles. The van der Waals surface area contributed by atoms with Gasteiger partial charge in [0.15, 0.2) is 0 Å². The maximum Gasteiger partial charge on any atom is 0.326 e. The van der Waals surface area contributed by atoms with Crippen LogP contribution >= 0.6 is 0 Å². The normalized spacial score (nSPS) is 15.6. The van der Waals surface area contributed by atoms with Gasteiger partial charge in [-0.3, -0.25) is 28.8 Å². The van der Waals surface area contributed by atoms with Crippen molar-refractivity contribution in [2.45, 2.75) is 116 Å². The predicted molar refractivity (Wildman–Crippen MR) is 210 cm³/mol. The molecule has 0 aliphatic heterocycles. The van der Waals surface area contributed by atoms with Crippen molar-refractivity contribution in [3.05, 3.63) is 54.2 Å². The molecule has 0 saturated heterocycles. The van der Waals surface area contributed by atoms with E-state index in [1.54, 1.807) is 27.0 Å². The molecule has 0 radical (unpaired) electrons. The molecule has 312 valence electrons. The van der Waals surface area contributed by atoms with Gasteiger partial charge in [-0.15, -0.1) is 0 Å². The molecular weight excluding hydrogens is 738 g/mol. The molecule has 3 rings (SSSR count). The van der Waals surface area contributed by atoms with E-state index in [1.807, 2.05) is 45.0 Å². The molecule has 1 aromatic carbocycles. The van der Waals surface area contributed by atoms with E-state index in [4.69, 9.17) is 10.8 Å². The summed E-state index contributed by atoms with van der Waals surface area (Å²) in [7, 11) is 0. The maximum atomic E-state index is 14.4. The second-order valence-electron chi connectivity index (χ2n) is 14.9. The first-order chi connectivity index (χ1) is 26.9. The van der Waals surface area contributed by atoms with E-state index >= 15 is 0 Å². The van der Waals surface area contributed by atoms with Gasteiger partial charge in [-0.25, -0.2) is 9.78 Å². The summed E-state index contributed by atoms with van der Waals surface area (Å²) in [6, 6.07) is -0.218. The number of carboxylic acids is 2. The van der Waals surface area contributed by atoms with Crippen LogP contribution in [0.25, 0.3) is 10.9 Å². The summed E-state index contributed by atoms with van der Waals surface area (Å²) < 4.78 is 0. The van der Waals surface area contributed by atoms with E-state index in [0.29, 0.717) is 24.1 Å². The van der Waals surface area contributed by atoms with E-state index < -0.39 is 84.1 Å². The van der Waals surface area contributed by atoms with Crippen LogP contribution in [-0.4, -0.2) is 103 Å². The predicted octanol–water partition coefficient (Wildman–Crippen LogP) is 1.13. The second-order valence-corrected chi connectivity index (χ2v) is 14.9. The van der Waals surface area contributed by atoms with Crippen molar-refractivity contribution in [3.63, 3.8) is 0 Å². The zero-order valence-electron chi connectivity index (χ0n) is 33.3. The summed E-state index contributed by atoms with van der Waals surface area (Å²) in [6.45, 7) is 10.9. The standard InChI is InChI=1S/C39H57N9O9/c1-7-21(5)32(40)37(54)48-33(22(6)8-2)38(55)46-28(14-23-17-42-26-12-10-9-11-25(23)26)35(52)45-29(15-24-18-41-19-43-24)36(53)44-27(13-20(3)4)34(51)47-30(39(56)57)16-31(49)50/h9-12,17-22,27-30,32-33,42H,7-8,13-16,40H2,1-6H3,(H,41,43)(H,44,53)(H,45,52)(H,46,55)(H,47,51)(H,48,54)(H,49,50)(H,56,57)/t21?,22?,27?,28?,29-,30?,32?,33?/m1/s1. The van der Waals surface area contributed by atoms with Crippen LogP contribution < -0.4 is 32.3 Å². The summed E-state index contributed by atoms with van der Waals surface area (Å²) in [5, 5.41) is 32.6. The number of carboxylic acid groups (broad SMARTS) is 2. The van der Waals surface area contributed by atoms with Crippen LogP contribution in [0, 0.1) is 17.8 Å². The molecule has 0 aliphatic carbocycles. The zero-order chi connectivity index (χ0) is 42.4. The Morgan fingerprint density at radius 1 is 0.719 bits per heavy atom. The summed E-state index contributed by atoms with van der Waals surface area (Å²) in [5.74, 6) is -7.33. The Morgan fingerprint density at radius 2 is 1.30 bits per heavy atom. The zero-order valence-corrected chi connectivity index (χ0v) is 33.3. The lowest BCUT2D eigenvalue weighted by molar-refractivity contribution is -0.147. The molecule has 57 heavy (non-hydrogen) atoms. The number of hydrogen-bond acceptors (Lipinski definition) is 9. The Labute approximate surface area is 331 Å². The SMILES string of the molecule is CCC(C)C(N)C(=O)NC(C(=O)NC(Cc1c[nH]c2ccccc12)C(=O)N[C@H](Cc1cnc[nH]1)C(=O)NC(CC(C)C)C(=O)NC(CC(=O)O)C(=O)O)C(C)CC. The fourth-order valence-electron chi connectivity index (χ4n) is 6.18. The number of fused-ring (bicyclic) bond motifs is 1. The highest BCUT2D eigenvalue weighted by Crippen LogP contribution is 2.20. The number of amides is 5. The maximum absolute atomic E-state index is 14.4. The third kappa shape index (κ3) is 13.4. The van der Waals surface area contributed by atoms with Gasteiger partial charge in [-0.05, 0) is 35.8 Å². The first-order valence-electron chi connectivity index (χ1n) is 19.2. The number of aromatic amines is 2. The average Bonchev–Trinajstić information content (AvgIpc) is 3.84. The molecule has 18 nitrogen and oxygen atoms in total. The van der Waals surface area contributed by atoms with Gasteiger partial charge in [0.2, 0.25) is 29.5 Å². The lowest BCUT2D eigenvalue weighted by Crippen LogP contribution is -2.61. The number of nitrogens with two attached hydrogens (primary N) is 1. The van der Waals surface area contributed by atoms with Crippen molar-refractivity contribution in [2.75, 3.05) is 0 Å². The van der Waals surface area contributed by atoms with Gasteiger partial charge in [0.05, 0.1) is 18.8 Å². The molecule has 0 fully saturated rings. The van der Waals surface area contributed by atoms with Crippen LogP contribution in [0.15, 0.2) is 43.0 Å². The molecule has 18 heteroatoms. The molecule has 7 unspecified atom stereocenters. The number of nitrogens with zero attached hydrogens (tertiary/aromatic N) is 1. The van der Waals surface area contributed by atoms with Crippen molar-refractivity contribution in [3.8, 4) is 0 Å². The largest absolute Gasteiger partial charge is 0.481 e. The molecule has 2 aromatic heterocycles. The minimum Gasteiger partial charge on any atom is -0.481 e. The number of aliphatic carboxylic acids is 2. The molecule has 0 bridgehead atoms. The quantitative estimate of drug-likeness (QED) is 0.0649. The number of carbonyl (C=O) groups is 7. The minimum absolute atomic E-state index is 0.0218. The van der Waals surface area contributed by atoms with Gasteiger partial charge < -0.3 is 52.5 Å². The molecular formula is C39H57N9O9. The number of rotatable bonds is 23. The second kappa shape index (κ2) is 21.5. The first-order valence-corrected chi connectivity index (χ1v) is 19.2.